The van der Waals surface area contributed by atoms with Crippen LogP contribution in [-0.2, 0) is 14.8 Å². The molecule has 5 nitrogen and oxygen atoms in total. The Morgan fingerprint density at radius 2 is 2.15 bits per heavy atom. The summed E-state index contributed by atoms with van der Waals surface area (Å²) in [6.45, 7) is 3.15. The van der Waals surface area contributed by atoms with E-state index >= 15 is 0 Å². The topological polar surface area (TPSA) is 74.7 Å². The van der Waals surface area contributed by atoms with Crippen molar-refractivity contribution in [3.8, 4) is 0 Å². The van der Waals surface area contributed by atoms with E-state index in [1.165, 1.54) is 30.8 Å². The van der Waals surface area contributed by atoms with Gasteiger partial charge in [-0.25, -0.2) is 12.8 Å². The molecule has 1 saturated heterocycles. The molecule has 2 rings (SSSR count). The maximum Gasteiger partial charge on any atom is 0.322 e. The second-order valence-electron chi connectivity index (χ2n) is 4.53. The van der Waals surface area contributed by atoms with Gasteiger partial charge in [-0.3, -0.25) is 4.79 Å². The Bertz CT molecular complexity index is 647. The van der Waals surface area contributed by atoms with Gasteiger partial charge in [0.2, 0.25) is 10.0 Å². The monoisotopic (exact) mass is 319 g/mol. The van der Waals surface area contributed by atoms with Gasteiger partial charge in [0.1, 0.15) is 11.9 Å². The number of sulfonamides is 1. The number of hydrogen-bond donors (Lipinski definition) is 1. The molecule has 110 valence electrons. The van der Waals surface area contributed by atoms with Gasteiger partial charge in [0.15, 0.2) is 0 Å². The van der Waals surface area contributed by atoms with Crippen molar-refractivity contribution in [3.63, 3.8) is 0 Å². The first-order valence-electron chi connectivity index (χ1n) is 5.89. The van der Waals surface area contributed by atoms with Gasteiger partial charge in [-0.1, -0.05) is 6.07 Å². The molecule has 8 heteroatoms. The predicted molar refractivity (Wildman–Crippen MR) is 73.5 cm³/mol. The van der Waals surface area contributed by atoms with Crippen LogP contribution in [0.25, 0.3) is 0 Å². The maximum absolute atomic E-state index is 13.5. The van der Waals surface area contributed by atoms with Crippen molar-refractivity contribution in [2.45, 2.75) is 30.2 Å². The summed E-state index contributed by atoms with van der Waals surface area (Å²) in [5, 5.41) is 8.62. The molecule has 1 heterocycles. The maximum atomic E-state index is 13.5. The van der Waals surface area contributed by atoms with Crippen LogP contribution in [0, 0.1) is 12.7 Å². The summed E-state index contributed by atoms with van der Waals surface area (Å²) in [6, 6.07) is 2.47. The molecule has 1 aromatic rings. The van der Waals surface area contributed by atoms with E-state index in [0.29, 0.717) is 5.56 Å². The molecule has 0 spiro atoms. The third-order valence-electron chi connectivity index (χ3n) is 3.16. The molecule has 1 aliphatic heterocycles. The first-order valence-corrected chi connectivity index (χ1v) is 8.38. The molecule has 0 aromatic heterocycles. The van der Waals surface area contributed by atoms with E-state index in [1.54, 1.807) is 6.92 Å². The van der Waals surface area contributed by atoms with Crippen molar-refractivity contribution in [2.75, 3.05) is 5.75 Å². The van der Waals surface area contributed by atoms with E-state index in [4.69, 9.17) is 5.11 Å². The molecule has 0 bridgehead atoms. The molecule has 2 atom stereocenters. The average molecular weight is 319 g/mol. The standard InChI is InChI=1S/C12H14FNO4S2/c1-7-3-4-9(5-10(7)13)20(17,18)14-8(2)19-6-11(14)12(15)16/h3-5,8,11H,6H2,1-2H3,(H,15,16). The van der Waals surface area contributed by atoms with Crippen molar-refractivity contribution < 1.29 is 22.7 Å². The molecule has 1 aliphatic rings. The zero-order valence-corrected chi connectivity index (χ0v) is 12.5. The van der Waals surface area contributed by atoms with Crippen molar-refractivity contribution in [2.24, 2.45) is 0 Å². The number of carboxylic acid groups (broad SMARTS) is 1. The van der Waals surface area contributed by atoms with Gasteiger partial charge in [-0.05, 0) is 31.5 Å². The number of carbonyl (C=O) groups is 1. The number of benzene rings is 1. The summed E-state index contributed by atoms with van der Waals surface area (Å²) in [5.74, 6) is -1.64. The fourth-order valence-electron chi connectivity index (χ4n) is 2.03. The third-order valence-corrected chi connectivity index (χ3v) is 6.49. The normalized spacial score (nSPS) is 23.9. The molecule has 0 amide bonds. The van der Waals surface area contributed by atoms with Crippen LogP contribution >= 0.6 is 11.8 Å². The molecule has 1 fully saturated rings. The summed E-state index contributed by atoms with van der Waals surface area (Å²) >= 11 is 1.24. The number of carboxylic acids is 1. The van der Waals surface area contributed by atoms with Crippen LogP contribution in [0.15, 0.2) is 23.1 Å². The fraction of sp³-hybridized carbons (Fsp3) is 0.417. The Balaban J connectivity index is 2.47. The van der Waals surface area contributed by atoms with Crippen LogP contribution in [0.5, 0.6) is 0 Å². The molecule has 0 radical (unpaired) electrons. The highest BCUT2D eigenvalue weighted by molar-refractivity contribution is 8.01. The van der Waals surface area contributed by atoms with Crippen molar-refractivity contribution in [3.05, 3.63) is 29.6 Å². The Morgan fingerprint density at radius 1 is 1.50 bits per heavy atom. The SMILES string of the molecule is Cc1ccc(S(=O)(=O)N2C(C)SCC2C(=O)O)cc1F. The smallest absolute Gasteiger partial charge is 0.322 e. The number of aliphatic carboxylic acids is 1. The van der Waals surface area contributed by atoms with Gasteiger partial charge in [-0.2, -0.15) is 4.31 Å². The number of thioether (sulfide) groups is 1. The number of hydrogen-bond acceptors (Lipinski definition) is 4. The van der Waals surface area contributed by atoms with E-state index < -0.39 is 33.2 Å². The molecule has 0 aliphatic carbocycles. The first-order chi connectivity index (χ1) is 9.25. The Morgan fingerprint density at radius 3 is 2.70 bits per heavy atom. The number of nitrogens with zero attached hydrogens (tertiary/aromatic N) is 1. The minimum Gasteiger partial charge on any atom is -0.480 e. The third kappa shape index (κ3) is 2.55. The zero-order valence-electron chi connectivity index (χ0n) is 10.9. The average Bonchev–Trinajstić information content (AvgIpc) is 2.75. The van der Waals surface area contributed by atoms with E-state index in [9.17, 15) is 17.6 Å². The summed E-state index contributed by atoms with van der Waals surface area (Å²) in [6.07, 6.45) is 0. The van der Waals surface area contributed by atoms with E-state index in [-0.39, 0.29) is 10.6 Å². The van der Waals surface area contributed by atoms with Gasteiger partial charge in [0.05, 0.1) is 10.3 Å². The van der Waals surface area contributed by atoms with Gasteiger partial charge in [-0.15, -0.1) is 11.8 Å². The second kappa shape index (κ2) is 5.34. The predicted octanol–water partition coefficient (Wildman–Crippen LogP) is 1.67. The first kappa shape index (κ1) is 15.3. The second-order valence-corrected chi connectivity index (χ2v) is 7.72. The summed E-state index contributed by atoms with van der Waals surface area (Å²) < 4.78 is 39.5. The Hall–Kier alpha value is -1.12. The van der Waals surface area contributed by atoms with Gasteiger partial charge < -0.3 is 5.11 Å². The van der Waals surface area contributed by atoms with Gasteiger partial charge >= 0.3 is 5.97 Å². The summed E-state index contributed by atoms with van der Waals surface area (Å²) in [5.41, 5.74) is 0.336. The highest BCUT2D eigenvalue weighted by Crippen LogP contribution is 2.34. The molecule has 2 unspecified atom stereocenters. The summed E-state index contributed by atoms with van der Waals surface area (Å²) in [4.78, 5) is 10.9. The minimum absolute atomic E-state index is 0.185. The Kier molecular flexibility index (Phi) is 4.08. The number of rotatable bonds is 3. The van der Waals surface area contributed by atoms with Crippen molar-refractivity contribution in [1.29, 1.82) is 0 Å². The Labute approximate surface area is 120 Å². The molecule has 1 N–H and O–H groups in total. The lowest BCUT2D eigenvalue weighted by atomic mass is 10.2. The zero-order chi connectivity index (χ0) is 15.1. The molecule has 20 heavy (non-hydrogen) atoms. The van der Waals surface area contributed by atoms with Gasteiger partial charge in [0.25, 0.3) is 0 Å². The van der Waals surface area contributed by atoms with E-state index in [0.717, 1.165) is 10.4 Å². The van der Waals surface area contributed by atoms with E-state index in [1.807, 2.05) is 0 Å². The highest BCUT2D eigenvalue weighted by atomic mass is 32.2. The molecule has 1 aromatic carbocycles. The largest absolute Gasteiger partial charge is 0.480 e. The lowest BCUT2D eigenvalue weighted by Gasteiger charge is -2.24. The van der Waals surface area contributed by atoms with Crippen LogP contribution in [0.3, 0.4) is 0 Å². The van der Waals surface area contributed by atoms with Crippen LogP contribution < -0.4 is 0 Å². The van der Waals surface area contributed by atoms with E-state index in [2.05, 4.69) is 0 Å². The molecular formula is C12H14FNO4S2. The van der Waals surface area contributed by atoms with Crippen LogP contribution in [0.2, 0.25) is 0 Å². The molecule has 0 saturated carbocycles. The van der Waals surface area contributed by atoms with Crippen LogP contribution in [0.4, 0.5) is 4.39 Å². The van der Waals surface area contributed by atoms with Crippen molar-refractivity contribution >= 4 is 27.8 Å². The summed E-state index contributed by atoms with van der Waals surface area (Å²) in [7, 11) is -4.03. The quantitative estimate of drug-likeness (QED) is 0.917. The van der Waals surface area contributed by atoms with Crippen LogP contribution in [-0.4, -0.2) is 41.0 Å². The fourth-order valence-corrected chi connectivity index (χ4v) is 5.33. The minimum atomic E-state index is -4.03. The lowest BCUT2D eigenvalue weighted by Crippen LogP contribution is -2.44. The molecular weight excluding hydrogens is 305 g/mol. The van der Waals surface area contributed by atoms with Crippen LogP contribution in [0.1, 0.15) is 12.5 Å². The highest BCUT2D eigenvalue weighted by Gasteiger charge is 2.44. The van der Waals surface area contributed by atoms with Gasteiger partial charge in [0, 0.05) is 5.75 Å². The number of aryl methyl sites for hydroxylation is 1. The lowest BCUT2D eigenvalue weighted by molar-refractivity contribution is -0.140. The number of halogens is 1. The van der Waals surface area contributed by atoms with Crippen molar-refractivity contribution in [1.82, 2.24) is 4.31 Å².